The van der Waals surface area contributed by atoms with Crippen LogP contribution in [0, 0.1) is 17.8 Å². The Balaban J connectivity index is 0.000000405. The van der Waals surface area contributed by atoms with Gasteiger partial charge in [0.2, 0.25) is 5.91 Å². The highest BCUT2D eigenvalue weighted by molar-refractivity contribution is 5.84. The molecular weight excluding hydrogens is 495 g/mol. The molecule has 2 heterocycles. The van der Waals surface area contributed by atoms with E-state index in [1.807, 2.05) is 0 Å². The topological polar surface area (TPSA) is 140 Å². The molecule has 0 bridgehead atoms. The van der Waals surface area contributed by atoms with E-state index in [0.29, 0.717) is 30.8 Å². The number of ether oxygens (including phenoxy) is 1. The Morgan fingerprint density at radius 1 is 1.24 bits per heavy atom. The van der Waals surface area contributed by atoms with Crippen LogP contribution >= 0.6 is 0 Å². The summed E-state index contributed by atoms with van der Waals surface area (Å²) >= 11 is 0. The monoisotopic (exact) mass is 527 g/mol. The van der Waals surface area contributed by atoms with Crippen LogP contribution < -0.4 is 15.4 Å². The van der Waals surface area contributed by atoms with E-state index < -0.39 is 17.9 Å². The van der Waals surface area contributed by atoms with Crippen molar-refractivity contribution in [3.05, 3.63) is 48.0 Å². The van der Waals surface area contributed by atoms with Gasteiger partial charge in [-0.25, -0.2) is 9.78 Å². The molecule has 13 heteroatoms. The summed E-state index contributed by atoms with van der Waals surface area (Å²) in [7, 11) is 0. The molecule has 0 radical (unpaired) electrons. The van der Waals surface area contributed by atoms with Gasteiger partial charge in [0.25, 0.3) is 0 Å². The zero-order valence-electron chi connectivity index (χ0n) is 20.6. The Hall–Kier alpha value is -3.16. The number of aliphatic hydroxyl groups excluding tert-OH is 1. The molecule has 1 saturated heterocycles. The number of hydrogen-bond donors (Lipinski definition) is 5. The number of carboxylic acid groups (broad SMARTS) is 1. The number of aromatic amines is 1. The van der Waals surface area contributed by atoms with Crippen LogP contribution in [0.2, 0.25) is 0 Å². The summed E-state index contributed by atoms with van der Waals surface area (Å²) in [6.45, 7) is 6.81. The van der Waals surface area contributed by atoms with Gasteiger partial charge in [-0.3, -0.25) is 9.69 Å². The van der Waals surface area contributed by atoms with Gasteiger partial charge in [-0.2, -0.15) is 0 Å². The summed E-state index contributed by atoms with van der Waals surface area (Å²) in [6, 6.07) is 5.99. The van der Waals surface area contributed by atoms with E-state index in [0.717, 1.165) is 25.2 Å². The van der Waals surface area contributed by atoms with Crippen molar-refractivity contribution < 1.29 is 37.7 Å². The minimum Gasteiger partial charge on any atom is -0.477 e. The van der Waals surface area contributed by atoms with Gasteiger partial charge in [0.1, 0.15) is 11.4 Å². The van der Waals surface area contributed by atoms with Crippen LogP contribution in [-0.2, 0) is 11.3 Å². The number of carboxylic acids is 1. The summed E-state index contributed by atoms with van der Waals surface area (Å²) in [5.74, 6) is 0.377. The Labute approximate surface area is 212 Å². The number of fused-ring (bicyclic) bond motifs is 1. The lowest BCUT2D eigenvalue weighted by atomic mass is 10.1. The highest BCUT2D eigenvalue weighted by Crippen LogP contribution is 2.51. The first-order valence-corrected chi connectivity index (χ1v) is 11.8. The number of piperidine rings is 1. The fraction of sp³-hybridized carbons (Fsp3) is 0.542. The number of amides is 1. The van der Waals surface area contributed by atoms with Crippen molar-refractivity contribution in [1.29, 1.82) is 0 Å². The van der Waals surface area contributed by atoms with Gasteiger partial charge in [-0.05, 0) is 55.8 Å². The molecule has 2 aromatic rings. The van der Waals surface area contributed by atoms with Crippen molar-refractivity contribution >= 4 is 11.9 Å². The molecule has 1 aliphatic carbocycles. The number of benzene rings is 1. The maximum atomic E-state index is 12.3. The third-order valence-electron chi connectivity index (χ3n) is 6.26. The van der Waals surface area contributed by atoms with Gasteiger partial charge in [-0.1, -0.05) is 12.1 Å². The SMILES string of the molecule is CC(C)(CO)NC(=O)CN1CC2C(CNCc3cccc(OC(F)(F)F)c3)C2C1.O=C(O)c1cnc[nH]1. The van der Waals surface area contributed by atoms with E-state index >= 15 is 0 Å². The fourth-order valence-corrected chi connectivity index (χ4v) is 4.44. The van der Waals surface area contributed by atoms with Crippen LogP contribution in [-0.4, -0.2) is 81.6 Å². The largest absolute Gasteiger partial charge is 0.573 e. The molecule has 5 N–H and O–H groups in total. The number of H-pyrrole nitrogens is 1. The number of hydrogen-bond acceptors (Lipinski definition) is 7. The molecule has 1 saturated carbocycles. The van der Waals surface area contributed by atoms with Crippen molar-refractivity contribution in [3.8, 4) is 5.75 Å². The Morgan fingerprint density at radius 2 is 1.95 bits per heavy atom. The molecule has 2 unspecified atom stereocenters. The molecule has 2 atom stereocenters. The first kappa shape index (κ1) is 28.4. The Kier molecular flexibility index (Phi) is 9.16. The number of alkyl halides is 3. The molecule has 10 nitrogen and oxygen atoms in total. The van der Waals surface area contributed by atoms with Crippen molar-refractivity contribution in [2.75, 3.05) is 32.8 Å². The smallest absolute Gasteiger partial charge is 0.477 e. The van der Waals surface area contributed by atoms with Crippen LogP contribution in [0.25, 0.3) is 0 Å². The highest BCUT2D eigenvalue weighted by Gasteiger charge is 2.55. The van der Waals surface area contributed by atoms with E-state index in [9.17, 15) is 27.9 Å². The molecule has 1 aliphatic heterocycles. The van der Waals surface area contributed by atoms with E-state index in [2.05, 4.69) is 30.2 Å². The van der Waals surface area contributed by atoms with Gasteiger partial charge in [-0.15, -0.1) is 13.2 Å². The quantitative estimate of drug-likeness (QED) is 0.316. The highest BCUT2D eigenvalue weighted by atomic mass is 19.4. The Bertz CT molecular complexity index is 1040. The molecule has 4 rings (SSSR count). The Morgan fingerprint density at radius 3 is 2.49 bits per heavy atom. The third kappa shape index (κ3) is 9.02. The van der Waals surface area contributed by atoms with E-state index in [-0.39, 0.29) is 24.0 Å². The summed E-state index contributed by atoms with van der Waals surface area (Å²) in [5.41, 5.74) is 0.238. The van der Waals surface area contributed by atoms with Gasteiger partial charge < -0.3 is 30.6 Å². The summed E-state index contributed by atoms with van der Waals surface area (Å²) in [4.78, 5) is 30.1. The van der Waals surface area contributed by atoms with E-state index in [1.165, 1.54) is 24.7 Å². The minimum atomic E-state index is -4.69. The predicted octanol–water partition coefficient (Wildman–Crippen LogP) is 1.85. The molecule has 0 spiro atoms. The van der Waals surface area contributed by atoms with Crippen molar-refractivity contribution in [2.24, 2.45) is 17.8 Å². The number of nitrogens with zero attached hydrogens (tertiary/aromatic N) is 2. The zero-order valence-corrected chi connectivity index (χ0v) is 20.6. The summed E-state index contributed by atoms with van der Waals surface area (Å²) < 4.78 is 40.9. The van der Waals surface area contributed by atoms with Crippen LogP contribution in [0.15, 0.2) is 36.8 Å². The molecule has 1 amide bonds. The number of imidazole rings is 1. The van der Waals surface area contributed by atoms with Crippen LogP contribution in [0.5, 0.6) is 5.75 Å². The first-order chi connectivity index (χ1) is 17.4. The minimum absolute atomic E-state index is 0.0824. The van der Waals surface area contributed by atoms with Gasteiger partial charge >= 0.3 is 12.3 Å². The normalized spacial score (nSPS) is 21.0. The number of halogens is 3. The number of aliphatic hydroxyl groups is 1. The molecule has 204 valence electrons. The van der Waals surface area contributed by atoms with E-state index in [4.69, 9.17) is 5.11 Å². The average Bonchev–Trinajstić information content (AvgIpc) is 3.19. The molecule has 1 aromatic heterocycles. The third-order valence-corrected chi connectivity index (χ3v) is 6.26. The number of nitrogens with one attached hydrogen (secondary N) is 3. The maximum Gasteiger partial charge on any atom is 0.573 e. The second-order valence-electron chi connectivity index (χ2n) is 9.87. The van der Waals surface area contributed by atoms with Crippen LogP contribution in [0.3, 0.4) is 0 Å². The second kappa shape index (κ2) is 11.9. The maximum absolute atomic E-state index is 12.3. The number of carbonyl (C=O) groups excluding carboxylic acids is 1. The lowest BCUT2D eigenvalue weighted by Crippen LogP contribution is -2.49. The molecular formula is C24H32F3N5O5. The predicted molar refractivity (Wildman–Crippen MR) is 127 cm³/mol. The van der Waals surface area contributed by atoms with Gasteiger partial charge in [0.05, 0.1) is 31.2 Å². The van der Waals surface area contributed by atoms with Gasteiger partial charge in [0.15, 0.2) is 0 Å². The fourth-order valence-electron chi connectivity index (χ4n) is 4.44. The lowest BCUT2D eigenvalue weighted by Gasteiger charge is -2.26. The summed E-state index contributed by atoms with van der Waals surface area (Å²) in [5, 5.41) is 23.6. The number of rotatable bonds is 10. The number of carbonyl (C=O) groups is 2. The molecule has 1 aromatic carbocycles. The zero-order chi connectivity index (χ0) is 27.2. The standard InChI is InChI=1S/C20H28F3N3O3.C4H4N2O2/c1-19(2,12-27)25-18(28)11-26-9-16-15(17(16)10-26)8-24-7-13-4-3-5-14(6-13)29-20(21,22)23;7-4(8)3-1-5-2-6-3/h3-6,15-17,24,27H,7-12H2,1-2H3,(H,25,28);1-2H,(H,5,6)(H,7,8). The van der Waals surface area contributed by atoms with E-state index in [1.54, 1.807) is 26.0 Å². The molecule has 2 aliphatic rings. The van der Waals surface area contributed by atoms with Gasteiger partial charge in [0, 0.05) is 19.6 Å². The van der Waals surface area contributed by atoms with Crippen LogP contribution in [0.4, 0.5) is 13.2 Å². The summed E-state index contributed by atoms with van der Waals surface area (Å²) in [6.07, 6.45) is -2.11. The van der Waals surface area contributed by atoms with Crippen molar-refractivity contribution in [2.45, 2.75) is 32.3 Å². The second-order valence-corrected chi connectivity index (χ2v) is 9.87. The van der Waals surface area contributed by atoms with Crippen LogP contribution in [0.1, 0.15) is 29.9 Å². The lowest BCUT2D eigenvalue weighted by molar-refractivity contribution is -0.274. The molecule has 37 heavy (non-hydrogen) atoms. The number of aromatic nitrogens is 2. The van der Waals surface area contributed by atoms with Crippen molar-refractivity contribution in [1.82, 2.24) is 25.5 Å². The number of likely N-dealkylation sites (tertiary alicyclic amines) is 1. The average molecular weight is 528 g/mol. The number of aromatic carboxylic acids is 1. The first-order valence-electron chi connectivity index (χ1n) is 11.8. The molecule has 2 fully saturated rings. The van der Waals surface area contributed by atoms with Crippen molar-refractivity contribution in [3.63, 3.8) is 0 Å².